The number of halogens is 3. The molecule has 0 spiro atoms. The smallest absolute Gasteiger partial charge is 0.387 e. The van der Waals surface area contributed by atoms with Gasteiger partial charge in [0.05, 0.1) is 0 Å². The van der Waals surface area contributed by atoms with Gasteiger partial charge in [-0.2, -0.15) is 20.5 Å². The van der Waals surface area contributed by atoms with Gasteiger partial charge in [0.25, 0.3) is 0 Å². The molecule has 0 aliphatic heterocycles. The maximum absolute atomic E-state index is 12.2. The zero-order valence-electron chi connectivity index (χ0n) is 10.0. The van der Waals surface area contributed by atoms with Crippen molar-refractivity contribution in [3.8, 4) is 5.75 Å². The van der Waals surface area contributed by atoms with Crippen molar-refractivity contribution in [2.45, 2.75) is 31.0 Å². The van der Waals surface area contributed by atoms with E-state index >= 15 is 0 Å². The lowest BCUT2D eigenvalue weighted by molar-refractivity contribution is -0.0503. The fraction of sp³-hybridized carbons (Fsp3) is 0.500. The fourth-order valence-corrected chi connectivity index (χ4v) is 2.61. The molecule has 0 bridgehead atoms. The number of ether oxygens (including phenoxy) is 1. The van der Waals surface area contributed by atoms with Crippen LogP contribution in [0.1, 0.15) is 18.9 Å². The van der Waals surface area contributed by atoms with Gasteiger partial charge in [-0.15, -0.1) is 0 Å². The predicted octanol–water partition coefficient (Wildman–Crippen LogP) is 3.91. The van der Waals surface area contributed by atoms with Crippen LogP contribution in [-0.2, 0) is 5.75 Å². The van der Waals surface area contributed by atoms with Gasteiger partial charge >= 0.3 is 6.61 Å². The van der Waals surface area contributed by atoms with Crippen LogP contribution in [0.5, 0.6) is 5.75 Å². The van der Waals surface area contributed by atoms with E-state index in [0.29, 0.717) is 28.1 Å². The summed E-state index contributed by atoms with van der Waals surface area (Å²) in [6.45, 7) is -0.156. The van der Waals surface area contributed by atoms with Crippen LogP contribution in [0.3, 0.4) is 0 Å². The molecule has 1 aromatic rings. The highest BCUT2D eigenvalue weighted by molar-refractivity contribution is 7.99. The zero-order valence-corrected chi connectivity index (χ0v) is 11.6. The summed E-state index contributed by atoms with van der Waals surface area (Å²) in [6.07, 6.45) is 0.885. The van der Waals surface area contributed by atoms with Crippen LogP contribution >= 0.6 is 23.4 Å². The average molecular weight is 296 g/mol. The van der Waals surface area contributed by atoms with Crippen LogP contribution in [0.25, 0.3) is 0 Å². The third-order valence-electron chi connectivity index (χ3n) is 2.34. The molecule has 0 saturated carbocycles. The second kappa shape index (κ2) is 7.81. The van der Waals surface area contributed by atoms with Crippen LogP contribution in [0.2, 0.25) is 5.02 Å². The second-order valence-corrected chi connectivity index (χ2v) is 5.69. The highest BCUT2D eigenvalue weighted by Gasteiger charge is 2.11. The number of thioether (sulfide) groups is 1. The van der Waals surface area contributed by atoms with Gasteiger partial charge in [-0.25, -0.2) is 0 Å². The molecule has 18 heavy (non-hydrogen) atoms. The van der Waals surface area contributed by atoms with Crippen LogP contribution in [0, 0.1) is 0 Å². The number of hydrogen-bond acceptors (Lipinski definition) is 3. The molecular formula is C12H16ClF2NOS. The molecule has 0 radical (unpaired) electrons. The first kappa shape index (κ1) is 15.5. The van der Waals surface area contributed by atoms with Gasteiger partial charge in [-0.05, 0) is 31.2 Å². The Kier molecular flexibility index (Phi) is 6.75. The Morgan fingerprint density at radius 2 is 2.17 bits per heavy atom. The number of hydrogen-bond donors (Lipinski definition) is 1. The van der Waals surface area contributed by atoms with E-state index in [1.807, 2.05) is 0 Å². The lowest BCUT2D eigenvalue weighted by atomic mass is 10.2. The van der Waals surface area contributed by atoms with E-state index < -0.39 is 6.61 Å². The minimum atomic E-state index is -2.82. The molecule has 1 rings (SSSR count). The first-order chi connectivity index (χ1) is 8.52. The molecule has 1 atom stereocenters. The molecule has 102 valence electrons. The molecule has 0 saturated heterocycles. The second-order valence-electron chi connectivity index (χ2n) is 3.83. The minimum Gasteiger partial charge on any atom is -0.435 e. The van der Waals surface area contributed by atoms with E-state index in [1.165, 1.54) is 12.1 Å². The highest BCUT2D eigenvalue weighted by Crippen LogP contribution is 2.29. The summed E-state index contributed by atoms with van der Waals surface area (Å²) in [5, 5.41) is 0.882. The van der Waals surface area contributed by atoms with Gasteiger partial charge in [-0.3, -0.25) is 0 Å². The standard InChI is InChI=1S/C12H16ClF2NOS/c1-8(4-5-16)18-7-9-6-10(13)2-3-11(9)17-12(14)15/h2-3,6,8,12H,4-5,7,16H2,1H3. The van der Waals surface area contributed by atoms with E-state index in [0.717, 1.165) is 6.42 Å². The molecule has 0 aliphatic carbocycles. The molecule has 2 nitrogen and oxygen atoms in total. The van der Waals surface area contributed by atoms with E-state index in [9.17, 15) is 8.78 Å². The summed E-state index contributed by atoms with van der Waals surface area (Å²) >= 11 is 7.50. The van der Waals surface area contributed by atoms with Crippen molar-refractivity contribution in [1.82, 2.24) is 0 Å². The Morgan fingerprint density at radius 3 is 2.78 bits per heavy atom. The summed E-state index contributed by atoms with van der Waals surface area (Å²) in [6, 6.07) is 4.66. The topological polar surface area (TPSA) is 35.2 Å². The number of benzene rings is 1. The van der Waals surface area contributed by atoms with Crippen LogP contribution in [-0.4, -0.2) is 18.4 Å². The minimum absolute atomic E-state index is 0.182. The first-order valence-electron chi connectivity index (χ1n) is 5.58. The molecule has 2 N–H and O–H groups in total. The third kappa shape index (κ3) is 5.42. The van der Waals surface area contributed by atoms with Crippen molar-refractivity contribution in [3.05, 3.63) is 28.8 Å². The highest BCUT2D eigenvalue weighted by atomic mass is 35.5. The number of nitrogens with two attached hydrogens (primary N) is 1. The van der Waals surface area contributed by atoms with E-state index in [2.05, 4.69) is 11.7 Å². The molecular weight excluding hydrogens is 280 g/mol. The van der Waals surface area contributed by atoms with Gasteiger partial charge in [0, 0.05) is 21.6 Å². The SMILES string of the molecule is CC(CCN)SCc1cc(Cl)ccc1OC(F)F. The van der Waals surface area contributed by atoms with Crippen molar-refractivity contribution >= 4 is 23.4 Å². The molecule has 1 aromatic carbocycles. The predicted molar refractivity (Wildman–Crippen MR) is 72.5 cm³/mol. The fourth-order valence-electron chi connectivity index (χ4n) is 1.42. The normalized spacial score (nSPS) is 12.8. The summed E-state index contributed by atoms with van der Waals surface area (Å²) < 4.78 is 28.9. The Balaban J connectivity index is 2.69. The van der Waals surface area contributed by atoms with Crippen molar-refractivity contribution in [2.75, 3.05) is 6.54 Å². The van der Waals surface area contributed by atoms with Crippen molar-refractivity contribution < 1.29 is 13.5 Å². The van der Waals surface area contributed by atoms with Crippen LogP contribution < -0.4 is 10.5 Å². The molecule has 0 aromatic heterocycles. The maximum atomic E-state index is 12.2. The number of alkyl halides is 2. The first-order valence-corrected chi connectivity index (χ1v) is 7.00. The lowest BCUT2D eigenvalue weighted by Gasteiger charge is -2.13. The zero-order chi connectivity index (χ0) is 13.5. The van der Waals surface area contributed by atoms with Crippen molar-refractivity contribution in [2.24, 2.45) is 5.73 Å². The Hall–Kier alpha value is -0.520. The molecule has 0 fully saturated rings. The molecule has 1 unspecified atom stereocenters. The maximum Gasteiger partial charge on any atom is 0.387 e. The van der Waals surface area contributed by atoms with Gasteiger partial charge in [0.1, 0.15) is 5.75 Å². The Bertz CT molecular complexity index is 379. The molecule has 0 heterocycles. The Morgan fingerprint density at radius 1 is 1.44 bits per heavy atom. The molecule has 0 aliphatic rings. The summed E-state index contributed by atoms with van der Waals surface area (Å²) in [5.74, 6) is 0.755. The molecule has 6 heteroatoms. The van der Waals surface area contributed by atoms with Gasteiger partial charge in [0.15, 0.2) is 0 Å². The Labute approximate surface area is 115 Å². The van der Waals surface area contributed by atoms with Gasteiger partial charge < -0.3 is 10.5 Å². The van der Waals surface area contributed by atoms with Crippen molar-refractivity contribution in [1.29, 1.82) is 0 Å². The number of rotatable bonds is 7. The third-order valence-corrected chi connectivity index (χ3v) is 3.85. The van der Waals surface area contributed by atoms with Gasteiger partial charge in [0.2, 0.25) is 0 Å². The lowest BCUT2D eigenvalue weighted by Crippen LogP contribution is -2.08. The largest absolute Gasteiger partial charge is 0.435 e. The summed E-state index contributed by atoms with van der Waals surface area (Å²) in [5.41, 5.74) is 6.14. The van der Waals surface area contributed by atoms with Crippen LogP contribution in [0.15, 0.2) is 18.2 Å². The van der Waals surface area contributed by atoms with E-state index in [1.54, 1.807) is 17.8 Å². The van der Waals surface area contributed by atoms with Crippen LogP contribution in [0.4, 0.5) is 8.78 Å². The van der Waals surface area contributed by atoms with Gasteiger partial charge in [-0.1, -0.05) is 18.5 Å². The monoisotopic (exact) mass is 295 g/mol. The average Bonchev–Trinajstić information content (AvgIpc) is 2.29. The molecule has 0 amide bonds. The van der Waals surface area contributed by atoms with Crippen molar-refractivity contribution in [3.63, 3.8) is 0 Å². The van der Waals surface area contributed by atoms with E-state index in [-0.39, 0.29) is 5.75 Å². The summed E-state index contributed by atoms with van der Waals surface area (Å²) in [7, 11) is 0. The van der Waals surface area contributed by atoms with E-state index in [4.69, 9.17) is 17.3 Å². The quantitative estimate of drug-likeness (QED) is 0.828. The summed E-state index contributed by atoms with van der Waals surface area (Å²) in [4.78, 5) is 0.